The molecule has 0 saturated carbocycles. The second-order valence-corrected chi connectivity index (χ2v) is 7.14. The molecular weight excluding hydrogens is 404 g/mol. The number of hydrogen-bond acceptors (Lipinski definition) is 9. The molecule has 156 valence electrons. The van der Waals surface area contributed by atoms with Gasteiger partial charge in [0.1, 0.15) is 6.10 Å². The van der Waals surface area contributed by atoms with E-state index in [2.05, 4.69) is 20.6 Å². The molecule has 0 spiro atoms. The van der Waals surface area contributed by atoms with E-state index in [0.29, 0.717) is 35.2 Å². The lowest BCUT2D eigenvalue weighted by Gasteiger charge is -2.24. The standard InChI is InChI=1S/C17H21F2N7O2S/c1-21-6-10-8-26(17(27)28-10)9-13-11(12(20)2-3-23-16(18)19)7-24-14(25-13)15-22-4-5-29-15/h2-5,10,16,20-21,23H,6-9H2,1H3,(H,24,25)/b3-2-,20-12?. The molecule has 9 nitrogen and oxygen atoms in total. The third-order valence-corrected chi connectivity index (χ3v) is 4.97. The van der Waals surface area contributed by atoms with Crippen molar-refractivity contribution in [2.24, 2.45) is 4.99 Å². The highest BCUT2D eigenvalue weighted by atomic mass is 32.1. The van der Waals surface area contributed by atoms with Crippen molar-refractivity contribution in [1.29, 1.82) is 5.41 Å². The van der Waals surface area contributed by atoms with Crippen molar-refractivity contribution < 1.29 is 18.3 Å². The lowest BCUT2D eigenvalue weighted by molar-refractivity contribution is 0.125. The number of nitrogens with one attached hydrogen (secondary N) is 4. The van der Waals surface area contributed by atoms with Crippen molar-refractivity contribution in [2.75, 3.05) is 33.2 Å². The van der Waals surface area contributed by atoms with E-state index >= 15 is 0 Å². The van der Waals surface area contributed by atoms with Gasteiger partial charge in [-0.15, -0.1) is 11.3 Å². The molecule has 1 aromatic heterocycles. The highest BCUT2D eigenvalue weighted by molar-refractivity contribution is 7.11. The summed E-state index contributed by atoms with van der Waals surface area (Å²) in [5, 5.41) is 18.7. The van der Waals surface area contributed by atoms with Crippen LogP contribution in [-0.2, 0) is 4.74 Å². The fourth-order valence-corrected chi connectivity index (χ4v) is 3.49. The minimum Gasteiger partial charge on any atom is -0.443 e. The van der Waals surface area contributed by atoms with Gasteiger partial charge in [-0.3, -0.25) is 9.89 Å². The molecule has 1 unspecified atom stereocenters. The molecule has 0 aliphatic carbocycles. The number of likely N-dealkylation sites (N-methyl/N-ethyl adjacent to an activating group) is 1. The Bertz CT molecular complexity index is 839. The summed E-state index contributed by atoms with van der Waals surface area (Å²) >= 11 is 1.41. The van der Waals surface area contributed by atoms with Gasteiger partial charge in [-0.1, -0.05) is 0 Å². The lowest BCUT2D eigenvalue weighted by atomic mass is 10.1. The summed E-state index contributed by atoms with van der Waals surface area (Å²) in [4.78, 5) is 22.4. The molecule has 3 heterocycles. The van der Waals surface area contributed by atoms with Gasteiger partial charge in [0.2, 0.25) is 0 Å². The summed E-state index contributed by atoms with van der Waals surface area (Å²) in [6, 6.07) is 0. The van der Waals surface area contributed by atoms with E-state index in [1.54, 1.807) is 13.2 Å². The Morgan fingerprint density at radius 3 is 3.10 bits per heavy atom. The van der Waals surface area contributed by atoms with Gasteiger partial charge < -0.3 is 26.1 Å². The predicted octanol–water partition coefficient (Wildman–Crippen LogP) is 1.13. The van der Waals surface area contributed by atoms with Crippen LogP contribution in [0.15, 0.2) is 40.1 Å². The molecule has 12 heteroatoms. The number of ether oxygens (including phenoxy) is 1. The summed E-state index contributed by atoms with van der Waals surface area (Å²) in [5.41, 5.74) is 1.10. The first kappa shape index (κ1) is 20.9. The number of carbonyl (C=O) groups is 1. The fraction of sp³-hybridized carbons (Fsp3) is 0.412. The number of cyclic esters (lactones) is 1. The summed E-state index contributed by atoms with van der Waals surface area (Å²) in [6.07, 6.45) is 3.20. The van der Waals surface area contributed by atoms with Crippen LogP contribution in [0.25, 0.3) is 0 Å². The number of amidine groups is 1. The Balaban J connectivity index is 1.79. The maximum atomic E-state index is 12.3. The molecule has 1 aromatic rings. The van der Waals surface area contributed by atoms with Crippen LogP contribution in [0.5, 0.6) is 0 Å². The van der Waals surface area contributed by atoms with E-state index < -0.39 is 12.6 Å². The molecule has 1 amide bonds. The largest absolute Gasteiger partial charge is 0.443 e. The minimum atomic E-state index is -2.71. The van der Waals surface area contributed by atoms with E-state index in [4.69, 9.17) is 10.1 Å². The number of allylic oxidation sites excluding steroid dienone is 1. The fourth-order valence-electron chi connectivity index (χ4n) is 2.89. The monoisotopic (exact) mass is 425 g/mol. The van der Waals surface area contributed by atoms with E-state index in [9.17, 15) is 13.6 Å². The van der Waals surface area contributed by atoms with Crippen molar-refractivity contribution in [2.45, 2.75) is 12.7 Å². The Hall–Kier alpha value is -2.86. The maximum Gasteiger partial charge on any atom is 0.410 e. The SMILES string of the molecule is CNCC1CN(CC2=C(C(=N)/C=C\NC(F)F)CN=C(c3nccs3)N2)C(=O)O1. The van der Waals surface area contributed by atoms with Crippen LogP contribution in [0.1, 0.15) is 5.01 Å². The zero-order chi connectivity index (χ0) is 20.8. The van der Waals surface area contributed by atoms with Gasteiger partial charge in [-0.2, -0.15) is 8.78 Å². The smallest absolute Gasteiger partial charge is 0.410 e. The van der Waals surface area contributed by atoms with Gasteiger partial charge in [-0.05, 0) is 13.1 Å². The second kappa shape index (κ2) is 9.56. The van der Waals surface area contributed by atoms with E-state index in [1.807, 2.05) is 10.7 Å². The Morgan fingerprint density at radius 2 is 2.41 bits per heavy atom. The molecule has 1 fully saturated rings. The minimum absolute atomic E-state index is 0.0157. The summed E-state index contributed by atoms with van der Waals surface area (Å²) in [7, 11) is 1.78. The molecule has 3 rings (SSSR count). The van der Waals surface area contributed by atoms with Crippen molar-refractivity contribution in [3.8, 4) is 0 Å². The molecule has 0 bridgehead atoms. The van der Waals surface area contributed by atoms with Crippen LogP contribution >= 0.6 is 11.3 Å². The second-order valence-electron chi connectivity index (χ2n) is 6.24. The lowest BCUT2D eigenvalue weighted by Crippen LogP contribution is -2.39. The first-order valence-electron chi connectivity index (χ1n) is 8.81. The number of thiazole rings is 1. The Labute approximate surface area is 170 Å². The van der Waals surface area contributed by atoms with Crippen molar-refractivity contribution in [3.63, 3.8) is 0 Å². The van der Waals surface area contributed by atoms with E-state index in [-0.39, 0.29) is 24.9 Å². The first-order chi connectivity index (χ1) is 14.0. The van der Waals surface area contributed by atoms with E-state index in [0.717, 1.165) is 6.20 Å². The van der Waals surface area contributed by atoms with Gasteiger partial charge >= 0.3 is 12.6 Å². The van der Waals surface area contributed by atoms with Crippen LogP contribution in [0.3, 0.4) is 0 Å². The highest BCUT2D eigenvalue weighted by Gasteiger charge is 2.32. The number of aliphatic imine (C=N–C) groups is 1. The number of rotatable bonds is 9. The molecular formula is C17H21F2N7O2S. The zero-order valence-corrected chi connectivity index (χ0v) is 16.4. The van der Waals surface area contributed by atoms with Crippen LogP contribution in [0, 0.1) is 5.41 Å². The van der Waals surface area contributed by atoms with Gasteiger partial charge in [0.05, 0.1) is 25.3 Å². The molecule has 1 atom stereocenters. The summed E-state index contributed by atoms with van der Waals surface area (Å²) in [5.74, 6) is 0.542. The number of aromatic nitrogens is 1. The van der Waals surface area contributed by atoms with E-state index in [1.165, 1.54) is 22.3 Å². The van der Waals surface area contributed by atoms with Crippen molar-refractivity contribution in [1.82, 2.24) is 25.8 Å². The molecule has 2 aliphatic rings. The number of hydrogen-bond donors (Lipinski definition) is 4. The van der Waals surface area contributed by atoms with Gasteiger partial charge in [-0.25, -0.2) is 9.78 Å². The van der Waals surface area contributed by atoms with Gasteiger partial charge in [0.25, 0.3) is 0 Å². The van der Waals surface area contributed by atoms with Crippen LogP contribution in [0.4, 0.5) is 13.6 Å². The normalized spacial score (nSPS) is 19.6. The average Bonchev–Trinajstić information content (AvgIpc) is 3.32. The predicted molar refractivity (Wildman–Crippen MR) is 105 cm³/mol. The Morgan fingerprint density at radius 1 is 1.59 bits per heavy atom. The molecule has 0 radical (unpaired) electrons. The summed E-state index contributed by atoms with van der Waals surface area (Å²) < 4.78 is 29.9. The summed E-state index contributed by atoms with van der Waals surface area (Å²) in [6.45, 7) is -1.44. The van der Waals surface area contributed by atoms with Gasteiger partial charge in [0.15, 0.2) is 10.8 Å². The molecule has 2 aliphatic heterocycles. The number of amides is 1. The van der Waals surface area contributed by atoms with Crippen LogP contribution in [0.2, 0.25) is 0 Å². The highest BCUT2D eigenvalue weighted by Crippen LogP contribution is 2.19. The number of carbonyl (C=O) groups excluding carboxylic acids is 1. The molecule has 0 aromatic carbocycles. The van der Waals surface area contributed by atoms with Crippen molar-refractivity contribution >= 4 is 29.0 Å². The molecule has 1 saturated heterocycles. The van der Waals surface area contributed by atoms with Crippen molar-refractivity contribution in [3.05, 3.63) is 40.1 Å². The third-order valence-electron chi connectivity index (χ3n) is 4.19. The first-order valence-corrected chi connectivity index (χ1v) is 9.69. The number of halogens is 2. The average molecular weight is 425 g/mol. The topological polar surface area (TPSA) is 115 Å². The zero-order valence-electron chi connectivity index (χ0n) is 15.6. The Kier molecular flexibility index (Phi) is 6.88. The third kappa shape index (κ3) is 5.35. The van der Waals surface area contributed by atoms with Gasteiger partial charge in [0, 0.05) is 35.6 Å². The maximum absolute atomic E-state index is 12.3. The molecule has 29 heavy (non-hydrogen) atoms. The van der Waals surface area contributed by atoms with Crippen LogP contribution < -0.4 is 16.0 Å². The quantitative estimate of drug-likeness (QED) is 0.348. The number of nitrogens with zero attached hydrogens (tertiary/aromatic N) is 3. The molecule has 4 N–H and O–H groups in total. The van der Waals surface area contributed by atoms with Crippen LogP contribution in [-0.4, -0.2) is 73.4 Å². The number of alkyl halides is 2.